The van der Waals surface area contributed by atoms with Gasteiger partial charge in [0, 0.05) is 13.1 Å². The molecular formula is C22H26N2O3. The van der Waals surface area contributed by atoms with Gasteiger partial charge in [-0.15, -0.1) is 0 Å². The number of carbonyl (C=O) groups excluding carboxylic acids is 2. The highest BCUT2D eigenvalue weighted by Crippen LogP contribution is 2.31. The normalized spacial score (nSPS) is 17.9. The average Bonchev–Trinajstić information content (AvgIpc) is 2.97. The Balaban J connectivity index is 1.82. The van der Waals surface area contributed by atoms with Crippen molar-refractivity contribution in [1.29, 1.82) is 0 Å². The fourth-order valence-electron chi connectivity index (χ4n) is 3.63. The molecule has 0 spiro atoms. The Morgan fingerprint density at radius 2 is 1.74 bits per heavy atom. The number of carbonyl (C=O) groups is 2. The van der Waals surface area contributed by atoms with Crippen LogP contribution >= 0.6 is 0 Å². The van der Waals surface area contributed by atoms with Gasteiger partial charge in [-0.1, -0.05) is 60.7 Å². The van der Waals surface area contributed by atoms with E-state index in [1.54, 1.807) is 6.92 Å². The first kappa shape index (κ1) is 19.0. The zero-order valence-corrected chi connectivity index (χ0v) is 15.9. The zero-order chi connectivity index (χ0) is 19.2. The van der Waals surface area contributed by atoms with Crippen molar-refractivity contribution in [2.45, 2.75) is 38.9 Å². The van der Waals surface area contributed by atoms with E-state index < -0.39 is 0 Å². The lowest BCUT2D eigenvalue weighted by atomic mass is 10.0. The molecule has 2 atom stereocenters. The molecule has 142 valence electrons. The third kappa shape index (κ3) is 4.48. The van der Waals surface area contributed by atoms with Gasteiger partial charge in [0.1, 0.15) is 0 Å². The lowest BCUT2D eigenvalue weighted by Gasteiger charge is -2.29. The Bertz CT molecular complexity index is 764. The van der Waals surface area contributed by atoms with Crippen LogP contribution in [-0.2, 0) is 16.1 Å². The van der Waals surface area contributed by atoms with Crippen LogP contribution in [0.2, 0.25) is 0 Å². The lowest BCUT2D eigenvalue weighted by Crippen LogP contribution is -2.38. The Hall–Kier alpha value is -2.82. The molecule has 2 amide bonds. The summed E-state index contributed by atoms with van der Waals surface area (Å²) in [7, 11) is 0. The van der Waals surface area contributed by atoms with Gasteiger partial charge in [-0.2, -0.15) is 0 Å². The number of hydrogen-bond acceptors (Lipinski definition) is 3. The van der Waals surface area contributed by atoms with E-state index in [1.807, 2.05) is 77.4 Å². The average molecular weight is 366 g/mol. The predicted molar refractivity (Wildman–Crippen MR) is 104 cm³/mol. The van der Waals surface area contributed by atoms with E-state index >= 15 is 0 Å². The van der Waals surface area contributed by atoms with Crippen molar-refractivity contribution in [1.82, 2.24) is 9.80 Å². The molecule has 5 nitrogen and oxygen atoms in total. The molecule has 3 rings (SSSR count). The SMILES string of the molecule is CCOC(=O)C[C@H]1CN(Cc2ccccc2)C(=O)N1[C@H](C)c1ccccc1. The molecule has 2 aromatic carbocycles. The standard InChI is InChI=1S/C22H26N2O3/c1-3-27-21(25)14-20-16-23(15-18-10-6-4-7-11-18)22(26)24(20)17(2)19-12-8-5-9-13-19/h4-13,17,20H,3,14-16H2,1-2H3/t17-,20+/m1/s1. The molecule has 0 aliphatic carbocycles. The molecule has 0 N–H and O–H groups in total. The van der Waals surface area contributed by atoms with Gasteiger partial charge in [-0.3, -0.25) is 4.79 Å². The van der Waals surface area contributed by atoms with Gasteiger partial charge in [-0.05, 0) is 25.0 Å². The molecule has 27 heavy (non-hydrogen) atoms. The molecule has 5 heteroatoms. The topological polar surface area (TPSA) is 49.9 Å². The van der Waals surface area contributed by atoms with Crippen LogP contribution in [0.15, 0.2) is 60.7 Å². The molecule has 0 saturated carbocycles. The second kappa shape index (κ2) is 8.71. The van der Waals surface area contributed by atoms with E-state index in [-0.39, 0.29) is 30.5 Å². The maximum absolute atomic E-state index is 13.2. The first-order valence-electron chi connectivity index (χ1n) is 9.42. The first-order valence-corrected chi connectivity index (χ1v) is 9.42. The van der Waals surface area contributed by atoms with Crippen LogP contribution in [0, 0.1) is 0 Å². The van der Waals surface area contributed by atoms with Gasteiger partial charge in [0.15, 0.2) is 0 Å². The van der Waals surface area contributed by atoms with E-state index in [0.717, 1.165) is 11.1 Å². The molecule has 0 unspecified atom stereocenters. The van der Waals surface area contributed by atoms with Gasteiger partial charge in [0.25, 0.3) is 0 Å². The summed E-state index contributed by atoms with van der Waals surface area (Å²) in [6, 6.07) is 19.5. The van der Waals surface area contributed by atoms with Crippen LogP contribution in [-0.4, -0.2) is 41.0 Å². The summed E-state index contributed by atoms with van der Waals surface area (Å²) >= 11 is 0. The fourth-order valence-corrected chi connectivity index (χ4v) is 3.63. The maximum atomic E-state index is 13.2. The maximum Gasteiger partial charge on any atom is 0.321 e. The minimum atomic E-state index is -0.262. The molecule has 0 bridgehead atoms. The highest BCUT2D eigenvalue weighted by molar-refractivity contribution is 5.80. The van der Waals surface area contributed by atoms with E-state index in [2.05, 4.69) is 0 Å². The van der Waals surface area contributed by atoms with E-state index in [4.69, 9.17) is 4.74 Å². The minimum absolute atomic E-state index is 0.0375. The third-order valence-electron chi connectivity index (χ3n) is 4.94. The van der Waals surface area contributed by atoms with Crippen molar-refractivity contribution >= 4 is 12.0 Å². The third-order valence-corrected chi connectivity index (χ3v) is 4.94. The van der Waals surface area contributed by atoms with E-state index in [9.17, 15) is 9.59 Å². The Morgan fingerprint density at radius 1 is 1.11 bits per heavy atom. The first-order chi connectivity index (χ1) is 13.1. The second-order valence-corrected chi connectivity index (χ2v) is 6.81. The number of nitrogens with zero attached hydrogens (tertiary/aromatic N) is 2. The van der Waals surface area contributed by atoms with Gasteiger partial charge in [0.2, 0.25) is 0 Å². The van der Waals surface area contributed by atoms with Crippen LogP contribution in [0.25, 0.3) is 0 Å². The summed E-state index contributed by atoms with van der Waals surface area (Å²) in [6.07, 6.45) is 0.210. The largest absolute Gasteiger partial charge is 0.466 e. The van der Waals surface area contributed by atoms with E-state index in [0.29, 0.717) is 19.7 Å². The molecule has 1 aliphatic rings. The number of rotatable bonds is 7. The van der Waals surface area contributed by atoms with Crippen LogP contribution in [0.5, 0.6) is 0 Å². The number of esters is 1. The number of amides is 2. The lowest BCUT2D eigenvalue weighted by molar-refractivity contribution is -0.144. The van der Waals surface area contributed by atoms with Gasteiger partial charge >= 0.3 is 12.0 Å². The number of ether oxygens (including phenoxy) is 1. The second-order valence-electron chi connectivity index (χ2n) is 6.81. The summed E-state index contributed by atoms with van der Waals surface area (Å²) in [4.78, 5) is 28.9. The molecule has 1 saturated heterocycles. The summed E-state index contributed by atoms with van der Waals surface area (Å²) < 4.78 is 5.13. The fraction of sp³-hybridized carbons (Fsp3) is 0.364. The zero-order valence-electron chi connectivity index (χ0n) is 15.9. The molecular weight excluding hydrogens is 340 g/mol. The molecule has 0 radical (unpaired) electrons. The molecule has 1 fully saturated rings. The van der Waals surface area contributed by atoms with E-state index in [1.165, 1.54) is 0 Å². The molecule has 0 aromatic heterocycles. The molecule has 2 aromatic rings. The van der Waals surface area contributed by atoms with Crippen molar-refractivity contribution in [2.75, 3.05) is 13.2 Å². The molecule has 1 heterocycles. The van der Waals surface area contributed by atoms with Crippen LogP contribution in [0.4, 0.5) is 4.79 Å². The van der Waals surface area contributed by atoms with Crippen molar-refractivity contribution in [3.63, 3.8) is 0 Å². The highest BCUT2D eigenvalue weighted by atomic mass is 16.5. The monoisotopic (exact) mass is 366 g/mol. The Labute approximate surface area is 160 Å². The van der Waals surface area contributed by atoms with Crippen LogP contribution in [0.1, 0.15) is 37.4 Å². The minimum Gasteiger partial charge on any atom is -0.466 e. The predicted octanol–water partition coefficient (Wildman–Crippen LogP) is 4.01. The van der Waals surface area contributed by atoms with Crippen LogP contribution in [0.3, 0.4) is 0 Å². The van der Waals surface area contributed by atoms with Crippen molar-refractivity contribution in [2.24, 2.45) is 0 Å². The highest BCUT2D eigenvalue weighted by Gasteiger charge is 2.41. The number of hydrogen-bond donors (Lipinski definition) is 0. The van der Waals surface area contributed by atoms with Gasteiger partial charge < -0.3 is 14.5 Å². The number of benzene rings is 2. The van der Waals surface area contributed by atoms with Crippen molar-refractivity contribution < 1.29 is 14.3 Å². The summed E-state index contributed by atoms with van der Waals surface area (Å²) in [6.45, 7) is 5.21. The summed E-state index contributed by atoms with van der Waals surface area (Å²) in [5.74, 6) is -0.262. The quantitative estimate of drug-likeness (QED) is 0.696. The van der Waals surface area contributed by atoms with Gasteiger partial charge in [-0.25, -0.2) is 4.79 Å². The summed E-state index contributed by atoms with van der Waals surface area (Å²) in [5.41, 5.74) is 2.14. The van der Waals surface area contributed by atoms with Crippen molar-refractivity contribution in [3.05, 3.63) is 71.8 Å². The van der Waals surface area contributed by atoms with Gasteiger partial charge in [0.05, 0.1) is 25.1 Å². The van der Waals surface area contributed by atoms with Crippen molar-refractivity contribution in [3.8, 4) is 0 Å². The Kier molecular flexibility index (Phi) is 6.12. The van der Waals surface area contributed by atoms with Crippen LogP contribution < -0.4 is 0 Å². The number of urea groups is 1. The smallest absolute Gasteiger partial charge is 0.321 e. The molecule has 1 aliphatic heterocycles. The Morgan fingerprint density at radius 3 is 2.37 bits per heavy atom. The summed E-state index contributed by atoms with van der Waals surface area (Å²) in [5, 5.41) is 0.